The van der Waals surface area contributed by atoms with Crippen LogP contribution in [0.2, 0.25) is 5.02 Å². The summed E-state index contributed by atoms with van der Waals surface area (Å²) in [5, 5.41) is 0.227. The minimum Gasteiger partial charge on any atom is -0.339 e. The molecule has 1 aromatic rings. The minimum absolute atomic E-state index is 0.0916. The highest BCUT2D eigenvalue weighted by Crippen LogP contribution is 2.25. The van der Waals surface area contributed by atoms with Crippen molar-refractivity contribution >= 4 is 27.5 Å². The third-order valence-corrected chi connectivity index (χ3v) is 7.54. The molecule has 3 rings (SSSR count). The zero-order valence-electron chi connectivity index (χ0n) is 15.1. The third kappa shape index (κ3) is 4.39. The van der Waals surface area contributed by atoms with Crippen molar-refractivity contribution in [3.05, 3.63) is 29.3 Å². The summed E-state index contributed by atoms with van der Waals surface area (Å²) in [5.41, 5.74) is 0. The molecule has 0 unspecified atom stereocenters. The van der Waals surface area contributed by atoms with Gasteiger partial charge in [0.05, 0.1) is 11.6 Å². The molecule has 0 aromatic heterocycles. The van der Waals surface area contributed by atoms with Crippen molar-refractivity contribution in [3.63, 3.8) is 0 Å². The lowest BCUT2D eigenvalue weighted by molar-refractivity contribution is -0.134. The number of hydrogen-bond acceptors (Lipinski definition) is 4. The van der Waals surface area contributed by atoms with Crippen LogP contribution in [0.5, 0.6) is 0 Å². The van der Waals surface area contributed by atoms with Crippen molar-refractivity contribution in [1.82, 2.24) is 14.1 Å². The van der Waals surface area contributed by atoms with Crippen LogP contribution in [0.3, 0.4) is 0 Å². The van der Waals surface area contributed by atoms with Gasteiger partial charge in [-0.25, -0.2) is 8.42 Å². The van der Waals surface area contributed by atoms with Crippen LogP contribution in [-0.2, 0) is 14.8 Å². The molecule has 0 saturated carbocycles. The first-order chi connectivity index (χ1) is 12.4. The molecule has 2 saturated heterocycles. The van der Waals surface area contributed by atoms with E-state index in [9.17, 15) is 13.2 Å². The molecule has 8 heteroatoms. The number of amides is 1. The van der Waals surface area contributed by atoms with Gasteiger partial charge in [-0.15, -0.1) is 0 Å². The van der Waals surface area contributed by atoms with Gasteiger partial charge in [0, 0.05) is 32.7 Å². The van der Waals surface area contributed by atoms with E-state index in [0.29, 0.717) is 38.6 Å². The topological polar surface area (TPSA) is 60.9 Å². The molecular formula is C18H26ClN3O3S. The molecule has 0 aliphatic carbocycles. The van der Waals surface area contributed by atoms with Crippen LogP contribution in [0.1, 0.15) is 19.8 Å². The van der Waals surface area contributed by atoms with Crippen molar-refractivity contribution in [2.45, 2.75) is 24.7 Å². The second-order valence-electron chi connectivity index (χ2n) is 7.20. The molecule has 0 radical (unpaired) electrons. The number of sulfonamides is 1. The van der Waals surface area contributed by atoms with Gasteiger partial charge in [0.15, 0.2) is 0 Å². The number of nitrogens with zero attached hydrogens (tertiary/aromatic N) is 3. The Morgan fingerprint density at radius 2 is 1.85 bits per heavy atom. The van der Waals surface area contributed by atoms with Crippen LogP contribution in [0.25, 0.3) is 0 Å². The Balaban J connectivity index is 1.57. The zero-order valence-corrected chi connectivity index (χ0v) is 16.7. The SMILES string of the molecule is C[C@H]1CCCN(CC(=O)N2CCN(S(=O)(=O)c3ccccc3Cl)CC2)C1. The summed E-state index contributed by atoms with van der Waals surface area (Å²) in [6.07, 6.45) is 2.36. The average molecular weight is 400 g/mol. The Labute approximate surface area is 160 Å². The predicted octanol–water partition coefficient (Wildman–Crippen LogP) is 1.90. The van der Waals surface area contributed by atoms with Crippen LogP contribution in [0, 0.1) is 5.92 Å². The van der Waals surface area contributed by atoms with Gasteiger partial charge in [-0.05, 0) is 37.4 Å². The highest BCUT2D eigenvalue weighted by atomic mass is 35.5. The molecule has 2 heterocycles. The van der Waals surface area contributed by atoms with Crippen molar-refractivity contribution < 1.29 is 13.2 Å². The van der Waals surface area contributed by atoms with Crippen LogP contribution in [-0.4, -0.2) is 74.2 Å². The summed E-state index contributed by atoms with van der Waals surface area (Å²) >= 11 is 6.05. The fourth-order valence-electron chi connectivity index (χ4n) is 3.69. The molecule has 1 atom stereocenters. The van der Waals surface area contributed by atoms with E-state index < -0.39 is 10.0 Å². The zero-order chi connectivity index (χ0) is 18.7. The van der Waals surface area contributed by atoms with Gasteiger partial charge in [-0.1, -0.05) is 30.7 Å². The first-order valence-corrected chi connectivity index (χ1v) is 10.9. The van der Waals surface area contributed by atoms with E-state index in [-0.39, 0.29) is 15.8 Å². The molecule has 6 nitrogen and oxygen atoms in total. The number of rotatable bonds is 4. The van der Waals surface area contributed by atoms with Gasteiger partial charge in [0.1, 0.15) is 4.90 Å². The lowest BCUT2D eigenvalue weighted by atomic mass is 10.0. The predicted molar refractivity (Wildman–Crippen MR) is 102 cm³/mol. The van der Waals surface area contributed by atoms with E-state index in [1.165, 1.54) is 16.8 Å². The second-order valence-corrected chi connectivity index (χ2v) is 9.51. The summed E-state index contributed by atoms with van der Waals surface area (Å²) in [6, 6.07) is 6.47. The van der Waals surface area contributed by atoms with Crippen molar-refractivity contribution in [1.29, 1.82) is 0 Å². The minimum atomic E-state index is -3.62. The van der Waals surface area contributed by atoms with Crippen molar-refractivity contribution in [2.24, 2.45) is 5.92 Å². The normalized spacial score (nSPS) is 23.2. The van der Waals surface area contributed by atoms with Gasteiger partial charge in [-0.3, -0.25) is 9.69 Å². The molecule has 2 aliphatic heterocycles. The second kappa shape index (κ2) is 8.25. The molecular weight excluding hydrogens is 374 g/mol. The summed E-state index contributed by atoms with van der Waals surface area (Å²) in [6.45, 7) is 6.03. The Bertz CT molecular complexity index is 748. The monoisotopic (exact) mass is 399 g/mol. The Morgan fingerprint density at radius 1 is 1.15 bits per heavy atom. The fourth-order valence-corrected chi connectivity index (χ4v) is 5.61. The number of likely N-dealkylation sites (tertiary alicyclic amines) is 1. The van der Waals surface area contributed by atoms with E-state index in [1.54, 1.807) is 23.1 Å². The number of piperidine rings is 1. The summed E-state index contributed by atoms with van der Waals surface area (Å²) < 4.78 is 27.0. The van der Waals surface area contributed by atoms with Crippen LogP contribution in [0.4, 0.5) is 0 Å². The molecule has 144 valence electrons. The largest absolute Gasteiger partial charge is 0.339 e. The van der Waals surface area contributed by atoms with Crippen LogP contribution < -0.4 is 0 Å². The maximum Gasteiger partial charge on any atom is 0.244 e. The molecule has 26 heavy (non-hydrogen) atoms. The summed E-state index contributed by atoms with van der Waals surface area (Å²) in [7, 11) is -3.62. The van der Waals surface area contributed by atoms with E-state index in [4.69, 9.17) is 11.6 Å². The quantitative estimate of drug-likeness (QED) is 0.775. The number of benzene rings is 1. The van der Waals surface area contributed by atoms with Gasteiger partial charge in [0.2, 0.25) is 15.9 Å². The lowest BCUT2D eigenvalue weighted by Gasteiger charge is -2.36. The molecule has 0 N–H and O–H groups in total. The number of halogens is 1. The first-order valence-electron chi connectivity index (χ1n) is 9.13. The molecule has 2 aliphatic rings. The fraction of sp³-hybridized carbons (Fsp3) is 0.611. The molecule has 2 fully saturated rings. The standard InChI is InChI=1S/C18H26ClN3O3S/c1-15-5-4-8-20(13-15)14-18(23)21-9-11-22(12-10-21)26(24,25)17-7-3-2-6-16(17)19/h2-3,6-7,15H,4-5,8-14H2,1H3/t15-/m0/s1. The Kier molecular flexibility index (Phi) is 6.22. The van der Waals surface area contributed by atoms with Gasteiger partial charge < -0.3 is 4.90 Å². The van der Waals surface area contributed by atoms with Crippen molar-refractivity contribution in [2.75, 3.05) is 45.8 Å². The number of carbonyl (C=O) groups excluding carboxylic acids is 1. The van der Waals surface area contributed by atoms with E-state index in [2.05, 4.69) is 11.8 Å². The third-order valence-electron chi connectivity index (χ3n) is 5.15. The smallest absolute Gasteiger partial charge is 0.244 e. The number of piperazine rings is 1. The van der Waals surface area contributed by atoms with Gasteiger partial charge in [0.25, 0.3) is 0 Å². The first kappa shape index (κ1) is 19.6. The van der Waals surface area contributed by atoms with E-state index in [0.717, 1.165) is 19.5 Å². The average Bonchev–Trinajstić information content (AvgIpc) is 2.62. The summed E-state index contributed by atoms with van der Waals surface area (Å²) in [5.74, 6) is 0.725. The van der Waals surface area contributed by atoms with Crippen molar-refractivity contribution in [3.8, 4) is 0 Å². The Hall–Kier alpha value is -1.15. The molecule has 1 amide bonds. The lowest BCUT2D eigenvalue weighted by Crippen LogP contribution is -2.53. The van der Waals surface area contributed by atoms with Gasteiger partial charge in [-0.2, -0.15) is 4.31 Å². The number of hydrogen-bond donors (Lipinski definition) is 0. The van der Waals surface area contributed by atoms with E-state index in [1.807, 2.05) is 0 Å². The molecule has 0 bridgehead atoms. The maximum absolute atomic E-state index is 12.8. The highest BCUT2D eigenvalue weighted by Gasteiger charge is 2.32. The summed E-state index contributed by atoms with van der Waals surface area (Å²) in [4.78, 5) is 16.7. The molecule has 1 aromatic carbocycles. The van der Waals surface area contributed by atoms with E-state index >= 15 is 0 Å². The van der Waals surface area contributed by atoms with Crippen LogP contribution >= 0.6 is 11.6 Å². The highest BCUT2D eigenvalue weighted by molar-refractivity contribution is 7.89. The molecule has 0 spiro atoms. The van der Waals surface area contributed by atoms with Gasteiger partial charge >= 0.3 is 0 Å². The van der Waals surface area contributed by atoms with Crippen LogP contribution in [0.15, 0.2) is 29.2 Å². The number of carbonyl (C=O) groups is 1. The Morgan fingerprint density at radius 3 is 2.50 bits per heavy atom. The maximum atomic E-state index is 12.8.